The molecule has 1 spiro atoms. The van der Waals surface area contributed by atoms with E-state index in [0.717, 1.165) is 6.42 Å². The van der Waals surface area contributed by atoms with Crippen LogP contribution in [0.3, 0.4) is 0 Å². The van der Waals surface area contributed by atoms with Gasteiger partial charge in [0.15, 0.2) is 0 Å². The number of nitrogens with one attached hydrogen (secondary N) is 1. The van der Waals surface area contributed by atoms with E-state index >= 15 is 0 Å². The summed E-state index contributed by atoms with van der Waals surface area (Å²) in [7, 11) is 0. The SMILES string of the molecule is CCOC(=O)[C@@H]1[C@@H]2CC[C@]3(O2)[C@H](C(=O)NC(C)(C)C)N([C@@H](CO)[C@@H](C)CC)C(=O)[C@@H]13. The number of nitrogens with zero attached hydrogens (tertiary/aromatic N) is 1. The molecule has 8 heteroatoms. The van der Waals surface area contributed by atoms with Gasteiger partial charge in [0.05, 0.1) is 37.2 Å². The van der Waals surface area contributed by atoms with Crippen molar-refractivity contribution in [2.45, 2.75) is 90.1 Å². The van der Waals surface area contributed by atoms with Gasteiger partial charge in [0.25, 0.3) is 0 Å². The number of carbonyl (C=O) groups is 3. The Kier molecular flexibility index (Phi) is 6.22. The van der Waals surface area contributed by atoms with Crippen LogP contribution in [0.25, 0.3) is 0 Å². The van der Waals surface area contributed by atoms with Crippen molar-refractivity contribution in [3.63, 3.8) is 0 Å². The predicted octanol–water partition coefficient (Wildman–Crippen LogP) is 1.25. The second-order valence-corrected chi connectivity index (χ2v) is 9.93. The Morgan fingerprint density at radius 1 is 1.37 bits per heavy atom. The highest BCUT2D eigenvalue weighted by Crippen LogP contribution is 2.59. The van der Waals surface area contributed by atoms with Gasteiger partial charge in [0.2, 0.25) is 11.8 Å². The second kappa shape index (κ2) is 8.11. The third kappa shape index (κ3) is 3.51. The highest BCUT2D eigenvalue weighted by Gasteiger charge is 2.75. The van der Waals surface area contributed by atoms with Crippen molar-refractivity contribution >= 4 is 17.8 Å². The molecule has 8 nitrogen and oxygen atoms in total. The van der Waals surface area contributed by atoms with E-state index in [-0.39, 0.29) is 30.9 Å². The molecule has 2 bridgehead atoms. The number of likely N-dealkylation sites (tertiary alicyclic amines) is 1. The fourth-order valence-electron chi connectivity index (χ4n) is 5.51. The maximum atomic E-state index is 13.7. The largest absolute Gasteiger partial charge is 0.466 e. The molecule has 3 fully saturated rings. The molecule has 3 rings (SSSR count). The van der Waals surface area contributed by atoms with E-state index < -0.39 is 47.1 Å². The average Bonchev–Trinajstić information content (AvgIpc) is 3.29. The Balaban J connectivity index is 2.07. The maximum Gasteiger partial charge on any atom is 0.312 e. The number of esters is 1. The van der Waals surface area contributed by atoms with E-state index in [1.165, 1.54) is 4.90 Å². The number of ether oxygens (including phenoxy) is 2. The van der Waals surface area contributed by atoms with Crippen molar-refractivity contribution < 1.29 is 29.0 Å². The van der Waals surface area contributed by atoms with Gasteiger partial charge in [-0.05, 0) is 46.5 Å². The van der Waals surface area contributed by atoms with Crippen molar-refractivity contribution in [2.24, 2.45) is 17.8 Å². The first-order chi connectivity index (χ1) is 14.0. The molecule has 0 radical (unpaired) electrons. The smallest absolute Gasteiger partial charge is 0.312 e. The zero-order valence-electron chi connectivity index (χ0n) is 18.9. The first kappa shape index (κ1) is 23.0. The lowest BCUT2D eigenvalue weighted by molar-refractivity contribution is -0.156. The molecule has 3 heterocycles. The van der Waals surface area contributed by atoms with Crippen LogP contribution in [-0.4, -0.2) is 70.3 Å². The standard InChI is InChI=1S/C22H36N2O6/c1-7-12(3)13(11-25)24-17(18(26)23-21(4,5)6)22-10-9-14(30-22)15(16(22)19(24)27)20(28)29-8-2/h12-17,25H,7-11H2,1-6H3,(H,23,26)/t12-,13-,14-,15+,16+,17-,22+/m0/s1. The van der Waals surface area contributed by atoms with E-state index in [1.54, 1.807) is 6.92 Å². The number of amides is 2. The molecular weight excluding hydrogens is 388 g/mol. The van der Waals surface area contributed by atoms with Gasteiger partial charge in [0.1, 0.15) is 11.6 Å². The lowest BCUT2D eigenvalue weighted by atomic mass is 9.70. The average molecular weight is 425 g/mol. The Morgan fingerprint density at radius 2 is 2.03 bits per heavy atom. The van der Waals surface area contributed by atoms with Crippen LogP contribution >= 0.6 is 0 Å². The number of aliphatic hydroxyl groups is 1. The van der Waals surface area contributed by atoms with Crippen LogP contribution in [0.1, 0.15) is 60.8 Å². The minimum Gasteiger partial charge on any atom is -0.466 e. The lowest BCUT2D eigenvalue weighted by Crippen LogP contribution is -2.61. The molecule has 7 atom stereocenters. The molecule has 0 aliphatic carbocycles. The van der Waals surface area contributed by atoms with Crippen molar-refractivity contribution in [3.8, 4) is 0 Å². The summed E-state index contributed by atoms with van der Waals surface area (Å²) in [5.41, 5.74) is -1.56. The normalized spacial score (nSPS) is 34.6. The molecule has 3 aliphatic rings. The van der Waals surface area contributed by atoms with Crippen LogP contribution in [-0.2, 0) is 23.9 Å². The second-order valence-electron chi connectivity index (χ2n) is 9.93. The van der Waals surface area contributed by atoms with Gasteiger partial charge in [-0.3, -0.25) is 14.4 Å². The van der Waals surface area contributed by atoms with E-state index in [2.05, 4.69) is 5.32 Å². The molecular formula is C22H36N2O6. The quantitative estimate of drug-likeness (QED) is 0.596. The molecule has 2 amide bonds. The first-order valence-corrected chi connectivity index (χ1v) is 11.1. The molecule has 2 N–H and O–H groups in total. The number of fused-ring (bicyclic) bond motifs is 1. The summed E-state index contributed by atoms with van der Waals surface area (Å²) in [6.07, 6.45) is 1.46. The summed E-state index contributed by atoms with van der Waals surface area (Å²) in [6, 6.07) is -1.41. The Bertz CT molecular complexity index is 704. The fraction of sp³-hybridized carbons (Fsp3) is 0.864. The van der Waals surface area contributed by atoms with Crippen molar-refractivity contribution in [2.75, 3.05) is 13.2 Å². The van der Waals surface area contributed by atoms with Gasteiger partial charge >= 0.3 is 5.97 Å². The number of hydrogen-bond acceptors (Lipinski definition) is 6. The molecule has 0 aromatic carbocycles. The van der Waals surface area contributed by atoms with Gasteiger partial charge in [-0.1, -0.05) is 20.3 Å². The van der Waals surface area contributed by atoms with Crippen LogP contribution in [0.15, 0.2) is 0 Å². The molecule has 170 valence electrons. The third-order valence-corrected chi connectivity index (χ3v) is 6.89. The summed E-state index contributed by atoms with van der Waals surface area (Å²) in [5, 5.41) is 13.2. The number of hydrogen-bond donors (Lipinski definition) is 2. The van der Waals surface area contributed by atoms with Crippen LogP contribution < -0.4 is 5.32 Å². The van der Waals surface area contributed by atoms with Crippen molar-refractivity contribution in [3.05, 3.63) is 0 Å². The van der Waals surface area contributed by atoms with Gasteiger partial charge in [-0.2, -0.15) is 0 Å². The summed E-state index contributed by atoms with van der Waals surface area (Å²) in [6.45, 7) is 11.3. The highest BCUT2D eigenvalue weighted by molar-refractivity contribution is 5.98. The zero-order chi connectivity index (χ0) is 22.4. The fourth-order valence-corrected chi connectivity index (χ4v) is 5.51. The number of aliphatic hydroxyl groups excluding tert-OH is 1. The molecule has 0 aromatic rings. The van der Waals surface area contributed by atoms with Crippen molar-refractivity contribution in [1.82, 2.24) is 10.2 Å². The Morgan fingerprint density at radius 3 is 2.57 bits per heavy atom. The molecule has 3 saturated heterocycles. The monoisotopic (exact) mass is 424 g/mol. The number of rotatable bonds is 7. The predicted molar refractivity (Wildman–Crippen MR) is 109 cm³/mol. The summed E-state index contributed by atoms with van der Waals surface area (Å²) in [5.74, 6) is -2.52. The zero-order valence-corrected chi connectivity index (χ0v) is 18.9. The maximum absolute atomic E-state index is 13.7. The molecule has 30 heavy (non-hydrogen) atoms. The third-order valence-electron chi connectivity index (χ3n) is 6.89. The van der Waals surface area contributed by atoms with Crippen LogP contribution in [0, 0.1) is 17.8 Å². The highest BCUT2D eigenvalue weighted by atomic mass is 16.6. The minimum absolute atomic E-state index is 0.0163. The van der Waals surface area contributed by atoms with Gasteiger partial charge in [-0.15, -0.1) is 0 Å². The van der Waals surface area contributed by atoms with Crippen LogP contribution in [0.2, 0.25) is 0 Å². The van der Waals surface area contributed by atoms with Crippen LogP contribution in [0.4, 0.5) is 0 Å². The van der Waals surface area contributed by atoms with Crippen LogP contribution in [0.5, 0.6) is 0 Å². The topological polar surface area (TPSA) is 105 Å². The number of carbonyl (C=O) groups excluding carboxylic acids is 3. The lowest BCUT2D eigenvalue weighted by Gasteiger charge is -2.40. The Hall–Kier alpha value is -1.67. The summed E-state index contributed by atoms with van der Waals surface area (Å²) < 4.78 is 11.6. The molecule has 0 aromatic heterocycles. The van der Waals surface area contributed by atoms with Gasteiger partial charge in [0, 0.05) is 5.54 Å². The first-order valence-electron chi connectivity index (χ1n) is 11.1. The van der Waals surface area contributed by atoms with Gasteiger partial charge in [-0.25, -0.2) is 0 Å². The Labute approximate surface area is 178 Å². The van der Waals surface area contributed by atoms with E-state index in [9.17, 15) is 19.5 Å². The van der Waals surface area contributed by atoms with E-state index in [4.69, 9.17) is 9.47 Å². The molecule has 0 unspecified atom stereocenters. The molecule has 0 saturated carbocycles. The van der Waals surface area contributed by atoms with Crippen molar-refractivity contribution in [1.29, 1.82) is 0 Å². The molecule has 3 aliphatic heterocycles. The minimum atomic E-state index is -1.06. The van der Waals surface area contributed by atoms with E-state index in [0.29, 0.717) is 12.8 Å². The summed E-state index contributed by atoms with van der Waals surface area (Å²) in [4.78, 5) is 41.5. The van der Waals surface area contributed by atoms with Gasteiger partial charge < -0.3 is 24.8 Å². The van der Waals surface area contributed by atoms with E-state index in [1.807, 2.05) is 34.6 Å². The summed E-state index contributed by atoms with van der Waals surface area (Å²) >= 11 is 0.